The molecule has 0 bridgehead atoms. The van der Waals surface area contributed by atoms with Gasteiger partial charge in [-0.1, -0.05) is 18.2 Å². The molecule has 5 rings (SSSR count). The Morgan fingerprint density at radius 1 is 1.17 bits per heavy atom. The topological polar surface area (TPSA) is 88.9 Å². The lowest BCUT2D eigenvalue weighted by atomic mass is 10.1. The molecule has 30 heavy (non-hydrogen) atoms. The van der Waals surface area contributed by atoms with Gasteiger partial charge < -0.3 is 19.4 Å². The maximum atomic E-state index is 12.8. The number of nitrogens with one attached hydrogen (secondary N) is 1. The average Bonchev–Trinajstić information content (AvgIpc) is 3.52. The van der Waals surface area contributed by atoms with Crippen LogP contribution in [0.2, 0.25) is 0 Å². The number of para-hydroxylation sites is 1. The van der Waals surface area contributed by atoms with Crippen molar-refractivity contribution in [3.8, 4) is 5.75 Å². The lowest BCUT2D eigenvalue weighted by Gasteiger charge is -2.18. The lowest BCUT2D eigenvalue weighted by molar-refractivity contribution is -0.119. The molecule has 1 fully saturated rings. The third-order valence-corrected chi connectivity index (χ3v) is 5.62. The Labute approximate surface area is 172 Å². The zero-order chi connectivity index (χ0) is 20.8. The molecule has 0 unspecified atom stereocenters. The Kier molecular flexibility index (Phi) is 4.31. The quantitative estimate of drug-likeness (QED) is 0.674. The molecular weight excluding hydrogens is 384 g/mol. The molecule has 7 nitrogen and oxygen atoms in total. The van der Waals surface area contributed by atoms with Crippen LogP contribution in [0.5, 0.6) is 5.75 Å². The SMILES string of the molecule is COc1cccc2cc(C(=O)Nc3ccc4c(c3)N(C(=O)C3CC3)CC4)c(=O)oc12. The average molecular weight is 404 g/mol. The Balaban J connectivity index is 1.43. The molecule has 1 aromatic heterocycles. The van der Waals surface area contributed by atoms with Crippen LogP contribution in [0.15, 0.2) is 51.7 Å². The molecule has 2 amide bonds. The maximum absolute atomic E-state index is 12.8. The van der Waals surface area contributed by atoms with Gasteiger partial charge in [-0.05, 0) is 49.1 Å². The first-order valence-electron chi connectivity index (χ1n) is 9.91. The summed E-state index contributed by atoms with van der Waals surface area (Å²) < 4.78 is 10.5. The monoisotopic (exact) mass is 404 g/mol. The highest BCUT2D eigenvalue weighted by Gasteiger charge is 2.36. The van der Waals surface area contributed by atoms with Crippen LogP contribution in [0.4, 0.5) is 11.4 Å². The number of anilines is 2. The van der Waals surface area contributed by atoms with Gasteiger partial charge >= 0.3 is 5.63 Å². The van der Waals surface area contributed by atoms with Crippen LogP contribution in [0, 0.1) is 5.92 Å². The van der Waals surface area contributed by atoms with Gasteiger partial charge in [-0.2, -0.15) is 0 Å². The van der Waals surface area contributed by atoms with Crippen molar-refractivity contribution in [2.24, 2.45) is 5.92 Å². The highest BCUT2D eigenvalue weighted by molar-refractivity contribution is 6.06. The van der Waals surface area contributed by atoms with Crippen molar-refractivity contribution in [1.82, 2.24) is 0 Å². The van der Waals surface area contributed by atoms with E-state index in [9.17, 15) is 14.4 Å². The van der Waals surface area contributed by atoms with E-state index >= 15 is 0 Å². The van der Waals surface area contributed by atoms with Gasteiger partial charge in [-0.15, -0.1) is 0 Å². The predicted octanol–water partition coefficient (Wildman–Crippen LogP) is 3.35. The molecular formula is C23H20N2O5. The first-order chi connectivity index (χ1) is 14.5. The van der Waals surface area contributed by atoms with E-state index in [-0.39, 0.29) is 17.4 Å². The minimum absolute atomic E-state index is 0.0952. The molecule has 3 aromatic rings. The van der Waals surface area contributed by atoms with E-state index in [1.54, 1.807) is 35.2 Å². The molecule has 0 spiro atoms. The molecule has 1 aliphatic carbocycles. The highest BCUT2D eigenvalue weighted by Crippen LogP contribution is 2.37. The number of hydrogen-bond acceptors (Lipinski definition) is 5. The van der Waals surface area contributed by atoms with Gasteiger partial charge in [0.25, 0.3) is 5.91 Å². The van der Waals surface area contributed by atoms with Crippen molar-refractivity contribution in [3.05, 3.63) is 64.0 Å². The van der Waals surface area contributed by atoms with E-state index in [1.807, 2.05) is 6.07 Å². The zero-order valence-electron chi connectivity index (χ0n) is 16.4. The lowest BCUT2D eigenvalue weighted by Crippen LogP contribution is -2.30. The van der Waals surface area contributed by atoms with Crippen LogP contribution in [-0.2, 0) is 11.2 Å². The van der Waals surface area contributed by atoms with Crippen molar-refractivity contribution >= 4 is 34.2 Å². The van der Waals surface area contributed by atoms with Crippen LogP contribution in [0.3, 0.4) is 0 Å². The smallest absolute Gasteiger partial charge is 0.349 e. The van der Waals surface area contributed by atoms with Gasteiger partial charge in [-0.25, -0.2) is 4.79 Å². The predicted molar refractivity (Wildman–Crippen MR) is 112 cm³/mol. The fraction of sp³-hybridized carbons (Fsp3) is 0.261. The largest absolute Gasteiger partial charge is 0.493 e. The second-order valence-corrected chi connectivity index (χ2v) is 7.64. The van der Waals surface area contributed by atoms with Crippen molar-refractivity contribution in [3.63, 3.8) is 0 Å². The molecule has 2 aliphatic rings. The molecule has 1 aliphatic heterocycles. The Bertz CT molecular complexity index is 1240. The van der Waals surface area contributed by atoms with Crippen LogP contribution >= 0.6 is 0 Å². The van der Waals surface area contributed by atoms with E-state index < -0.39 is 11.5 Å². The number of amides is 2. The van der Waals surface area contributed by atoms with E-state index in [0.29, 0.717) is 29.0 Å². The number of nitrogens with zero attached hydrogens (tertiary/aromatic N) is 1. The number of rotatable bonds is 4. The molecule has 2 heterocycles. The van der Waals surface area contributed by atoms with Gasteiger partial charge in [0.1, 0.15) is 5.56 Å². The van der Waals surface area contributed by atoms with E-state index in [1.165, 1.54) is 13.2 Å². The van der Waals surface area contributed by atoms with Crippen molar-refractivity contribution in [2.75, 3.05) is 23.9 Å². The zero-order valence-corrected chi connectivity index (χ0v) is 16.4. The van der Waals surface area contributed by atoms with Crippen molar-refractivity contribution in [1.29, 1.82) is 0 Å². The van der Waals surface area contributed by atoms with Gasteiger partial charge in [-0.3, -0.25) is 9.59 Å². The fourth-order valence-electron chi connectivity index (χ4n) is 3.87. The van der Waals surface area contributed by atoms with E-state index in [4.69, 9.17) is 9.15 Å². The second-order valence-electron chi connectivity index (χ2n) is 7.64. The van der Waals surface area contributed by atoms with Crippen molar-refractivity contribution in [2.45, 2.75) is 19.3 Å². The molecule has 2 aromatic carbocycles. The van der Waals surface area contributed by atoms with Crippen molar-refractivity contribution < 1.29 is 18.7 Å². The second kappa shape index (κ2) is 7.02. The summed E-state index contributed by atoms with van der Waals surface area (Å²) in [5.41, 5.74) is 1.91. The fourth-order valence-corrected chi connectivity index (χ4v) is 3.87. The molecule has 0 atom stereocenters. The Morgan fingerprint density at radius 3 is 2.77 bits per heavy atom. The van der Waals surface area contributed by atoms with Crippen LogP contribution in [-0.4, -0.2) is 25.5 Å². The highest BCUT2D eigenvalue weighted by atomic mass is 16.5. The van der Waals surface area contributed by atoms with Crippen LogP contribution in [0.25, 0.3) is 11.0 Å². The van der Waals surface area contributed by atoms with E-state index in [0.717, 1.165) is 30.5 Å². The minimum atomic E-state index is -0.740. The Morgan fingerprint density at radius 2 is 2.00 bits per heavy atom. The first-order valence-corrected chi connectivity index (χ1v) is 9.91. The number of methoxy groups -OCH3 is 1. The van der Waals surface area contributed by atoms with Gasteiger partial charge in [0.05, 0.1) is 7.11 Å². The summed E-state index contributed by atoms with van der Waals surface area (Å²) in [6.45, 7) is 0.665. The number of benzene rings is 2. The van der Waals surface area contributed by atoms with Crippen LogP contribution in [0.1, 0.15) is 28.8 Å². The third kappa shape index (κ3) is 3.12. The molecule has 7 heteroatoms. The van der Waals surface area contributed by atoms with Gasteiger partial charge in [0.2, 0.25) is 5.91 Å². The standard InChI is InChI=1S/C23H20N2O5/c1-29-19-4-2-3-15-11-17(23(28)30-20(15)19)21(26)24-16-8-7-13-9-10-25(18(13)12-16)22(27)14-5-6-14/h2-4,7-8,11-12,14H,5-6,9-10H2,1H3,(H,24,26). The summed E-state index contributed by atoms with van der Waals surface area (Å²) >= 11 is 0. The molecule has 0 radical (unpaired) electrons. The summed E-state index contributed by atoms with van der Waals surface area (Å²) in [6, 6.07) is 12.2. The van der Waals surface area contributed by atoms with E-state index in [2.05, 4.69) is 5.32 Å². The Hall–Kier alpha value is -3.61. The molecule has 1 N–H and O–H groups in total. The maximum Gasteiger partial charge on any atom is 0.349 e. The number of ether oxygens (including phenoxy) is 1. The number of fused-ring (bicyclic) bond motifs is 2. The third-order valence-electron chi connectivity index (χ3n) is 5.62. The summed E-state index contributed by atoms with van der Waals surface area (Å²) in [6.07, 6.45) is 2.70. The number of carbonyl (C=O) groups is 2. The molecule has 0 saturated heterocycles. The first kappa shape index (κ1) is 18.4. The molecule has 1 saturated carbocycles. The van der Waals surface area contributed by atoms with Crippen LogP contribution < -0.4 is 20.6 Å². The normalized spacial score (nSPS) is 15.2. The summed E-state index contributed by atoms with van der Waals surface area (Å²) in [5.74, 6) is 0.150. The summed E-state index contributed by atoms with van der Waals surface area (Å²) in [7, 11) is 1.49. The molecule has 152 valence electrons. The minimum Gasteiger partial charge on any atom is -0.493 e. The van der Waals surface area contributed by atoms with Gasteiger partial charge in [0.15, 0.2) is 11.3 Å². The summed E-state index contributed by atoms with van der Waals surface area (Å²) in [4.78, 5) is 39.5. The number of carbonyl (C=O) groups excluding carboxylic acids is 2. The summed E-state index contributed by atoms with van der Waals surface area (Å²) in [5, 5.41) is 3.35. The number of hydrogen-bond donors (Lipinski definition) is 1. The van der Waals surface area contributed by atoms with Gasteiger partial charge in [0, 0.05) is 29.2 Å².